The van der Waals surface area contributed by atoms with E-state index in [1.807, 2.05) is 17.6 Å². The van der Waals surface area contributed by atoms with Gasteiger partial charge in [-0.2, -0.15) is 0 Å². The van der Waals surface area contributed by atoms with Gasteiger partial charge in [-0.3, -0.25) is 0 Å². The van der Waals surface area contributed by atoms with E-state index in [9.17, 15) is 0 Å². The molecule has 0 aliphatic carbocycles. The van der Waals surface area contributed by atoms with Crippen LogP contribution in [0, 0.1) is 0 Å². The molecule has 0 saturated heterocycles. The number of thiophene rings is 1. The van der Waals surface area contributed by atoms with E-state index in [2.05, 4.69) is 15.3 Å². The summed E-state index contributed by atoms with van der Waals surface area (Å²) in [6.07, 6.45) is 1.83. The van der Waals surface area contributed by atoms with Gasteiger partial charge in [-0.15, -0.1) is 11.3 Å². The van der Waals surface area contributed by atoms with Crippen LogP contribution in [0.15, 0.2) is 17.6 Å². The van der Waals surface area contributed by atoms with Crippen molar-refractivity contribution < 1.29 is 4.74 Å². The lowest BCUT2D eigenvalue weighted by Crippen LogP contribution is -2.09. The van der Waals surface area contributed by atoms with Crippen molar-refractivity contribution >= 4 is 27.5 Å². The van der Waals surface area contributed by atoms with E-state index in [4.69, 9.17) is 4.74 Å². The van der Waals surface area contributed by atoms with Crippen molar-refractivity contribution in [2.75, 3.05) is 25.6 Å². The SMILES string of the molecule is COCCNc1ncc2ccsc2n1. The molecule has 0 aromatic carbocycles. The molecule has 1 N–H and O–H groups in total. The maximum absolute atomic E-state index is 4.92. The summed E-state index contributed by atoms with van der Waals surface area (Å²) in [4.78, 5) is 9.54. The summed E-state index contributed by atoms with van der Waals surface area (Å²) in [5, 5.41) is 6.19. The standard InChI is InChI=1S/C9H11N3OS/c1-13-4-3-10-9-11-6-7-2-5-14-8(7)12-9/h2,5-6H,3-4H2,1H3,(H,10,11,12). The van der Waals surface area contributed by atoms with E-state index in [0.717, 1.165) is 16.8 Å². The molecule has 2 heterocycles. The van der Waals surface area contributed by atoms with E-state index < -0.39 is 0 Å². The van der Waals surface area contributed by atoms with Crippen molar-refractivity contribution in [3.63, 3.8) is 0 Å². The molecule has 2 rings (SSSR count). The Morgan fingerprint density at radius 3 is 3.36 bits per heavy atom. The molecule has 0 aliphatic heterocycles. The topological polar surface area (TPSA) is 47.0 Å². The number of nitrogens with one attached hydrogen (secondary N) is 1. The van der Waals surface area contributed by atoms with Gasteiger partial charge >= 0.3 is 0 Å². The van der Waals surface area contributed by atoms with E-state index >= 15 is 0 Å². The smallest absolute Gasteiger partial charge is 0.224 e. The largest absolute Gasteiger partial charge is 0.383 e. The molecule has 0 atom stereocenters. The Morgan fingerprint density at radius 1 is 1.57 bits per heavy atom. The first-order valence-electron chi connectivity index (χ1n) is 4.33. The number of aromatic nitrogens is 2. The van der Waals surface area contributed by atoms with Crippen LogP contribution in [0.5, 0.6) is 0 Å². The summed E-state index contributed by atoms with van der Waals surface area (Å²) in [6.45, 7) is 1.39. The molecule has 0 unspecified atom stereocenters. The number of methoxy groups -OCH3 is 1. The second-order valence-corrected chi connectivity index (χ2v) is 3.69. The molecule has 14 heavy (non-hydrogen) atoms. The number of ether oxygens (including phenoxy) is 1. The molecule has 0 aliphatic rings. The zero-order chi connectivity index (χ0) is 9.80. The third-order valence-corrected chi connectivity index (χ3v) is 2.62. The van der Waals surface area contributed by atoms with Crippen LogP contribution in [0.25, 0.3) is 10.2 Å². The molecule has 0 bridgehead atoms. The molecule has 0 radical (unpaired) electrons. The van der Waals surface area contributed by atoms with Gasteiger partial charge in [0.2, 0.25) is 5.95 Å². The highest BCUT2D eigenvalue weighted by molar-refractivity contribution is 7.16. The molecule has 5 heteroatoms. The minimum atomic E-state index is 0.659. The molecule has 0 fully saturated rings. The van der Waals surface area contributed by atoms with E-state index in [1.54, 1.807) is 18.4 Å². The zero-order valence-electron chi connectivity index (χ0n) is 7.86. The number of hydrogen-bond donors (Lipinski definition) is 1. The third-order valence-electron chi connectivity index (χ3n) is 1.80. The molecule has 0 amide bonds. The molecule has 0 spiro atoms. The quantitative estimate of drug-likeness (QED) is 0.779. The van der Waals surface area contributed by atoms with Crippen LogP contribution in [0.1, 0.15) is 0 Å². The predicted octanol–water partition coefficient (Wildman–Crippen LogP) is 1.75. The van der Waals surface area contributed by atoms with Gasteiger partial charge in [0.15, 0.2) is 0 Å². The first-order chi connectivity index (χ1) is 6.90. The van der Waals surface area contributed by atoms with Gasteiger partial charge in [-0.25, -0.2) is 9.97 Å². The van der Waals surface area contributed by atoms with Crippen molar-refractivity contribution in [2.24, 2.45) is 0 Å². The van der Waals surface area contributed by atoms with Gasteiger partial charge in [-0.1, -0.05) is 0 Å². The highest BCUT2D eigenvalue weighted by atomic mass is 32.1. The van der Waals surface area contributed by atoms with Gasteiger partial charge in [-0.05, 0) is 11.4 Å². The second kappa shape index (κ2) is 4.34. The predicted molar refractivity (Wildman–Crippen MR) is 57.8 cm³/mol. The summed E-state index contributed by atoms with van der Waals surface area (Å²) in [5.41, 5.74) is 0. The monoisotopic (exact) mass is 209 g/mol. The highest BCUT2D eigenvalue weighted by Crippen LogP contribution is 2.18. The lowest BCUT2D eigenvalue weighted by Gasteiger charge is -2.02. The van der Waals surface area contributed by atoms with Gasteiger partial charge in [0.25, 0.3) is 0 Å². The number of nitrogens with zero attached hydrogens (tertiary/aromatic N) is 2. The zero-order valence-corrected chi connectivity index (χ0v) is 8.67. The van der Waals surface area contributed by atoms with Gasteiger partial charge in [0.05, 0.1) is 6.61 Å². The van der Waals surface area contributed by atoms with Crippen LogP contribution >= 0.6 is 11.3 Å². The first kappa shape index (κ1) is 9.36. The number of fused-ring (bicyclic) bond motifs is 1. The van der Waals surface area contributed by atoms with Crippen LogP contribution in [-0.4, -0.2) is 30.2 Å². The number of anilines is 1. The van der Waals surface area contributed by atoms with E-state index in [-0.39, 0.29) is 0 Å². The van der Waals surface area contributed by atoms with Gasteiger partial charge in [0.1, 0.15) is 4.83 Å². The minimum absolute atomic E-state index is 0.659. The van der Waals surface area contributed by atoms with E-state index in [1.165, 1.54) is 0 Å². The van der Waals surface area contributed by atoms with Crippen molar-refractivity contribution in [3.8, 4) is 0 Å². The summed E-state index contributed by atoms with van der Waals surface area (Å²) in [5.74, 6) is 0.664. The third kappa shape index (κ3) is 2.00. The maximum atomic E-state index is 4.92. The second-order valence-electron chi connectivity index (χ2n) is 2.79. The number of hydrogen-bond acceptors (Lipinski definition) is 5. The first-order valence-corrected chi connectivity index (χ1v) is 5.21. The Bertz CT molecular complexity index is 415. The fourth-order valence-corrected chi connectivity index (χ4v) is 1.85. The molecule has 2 aromatic heterocycles. The van der Waals surface area contributed by atoms with Gasteiger partial charge in [0, 0.05) is 25.2 Å². The summed E-state index contributed by atoms with van der Waals surface area (Å²) < 4.78 is 4.92. The van der Waals surface area contributed by atoms with Crippen LogP contribution in [0.3, 0.4) is 0 Å². The Labute approximate surface area is 86.0 Å². The average molecular weight is 209 g/mol. The Morgan fingerprint density at radius 2 is 2.50 bits per heavy atom. The fraction of sp³-hybridized carbons (Fsp3) is 0.333. The molecular formula is C9H11N3OS. The lowest BCUT2D eigenvalue weighted by atomic mass is 10.4. The molecule has 74 valence electrons. The molecule has 0 saturated carbocycles. The van der Waals surface area contributed by atoms with Crippen LogP contribution in [0.4, 0.5) is 5.95 Å². The minimum Gasteiger partial charge on any atom is -0.383 e. The van der Waals surface area contributed by atoms with Gasteiger partial charge < -0.3 is 10.1 Å². The normalized spacial score (nSPS) is 10.6. The van der Waals surface area contributed by atoms with E-state index in [0.29, 0.717) is 12.6 Å². The van der Waals surface area contributed by atoms with Crippen molar-refractivity contribution in [3.05, 3.63) is 17.6 Å². The summed E-state index contributed by atoms with van der Waals surface area (Å²) >= 11 is 1.62. The molecule has 4 nitrogen and oxygen atoms in total. The lowest BCUT2D eigenvalue weighted by molar-refractivity contribution is 0.210. The highest BCUT2D eigenvalue weighted by Gasteiger charge is 1.99. The summed E-state index contributed by atoms with van der Waals surface area (Å²) in [6, 6.07) is 2.01. The van der Waals surface area contributed by atoms with Crippen LogP contribution in [0.2, 0.25) is 0 Å². The van der Waals surface area contributed by atoms with Crippen molar-refractivity contribution in [2.45, 2.75) is 0 Å². The number of rotatable bonds is 4. The Kier molecular flexibility index (Phi) is 2.90. The fourth-order valence-electron chi connectivity index (χ4n) is 1.11. The average Bonchev–Trinajstić information content (AvgIpc) is 2.65. The molecule has 2 aromatic rings. The maximum Gasteiger partial charge on any atom is 0.224 e. The van der Waals surface area contributed by atoms with Crippen LogP contribution in [-0.2, 0) is 4.74 Å². The summed E-state index contributed by atoms with van der Waals surface area (Å²) in [7, 11) is 1.67. The Balaban J connectivity index is 2.10. The Hall–Kier alpha value is -1.20. The molecular weight excluding hydrogens is 198 g/mol. The van der Waals surface area contributed by atoms with Crippen molar-refractivity contribution in [1.82, 2.24) is 9.97 Å². The van der Waals surface area contributed by atoms with Crippen molar-refractivity contribution in [1.29, 1.82) is 0 Å². The van der Waals surface area contributed by atoms with Crippen LogP contribution < -0.4 is 5.32 Å².